The van der Waals surface area contributed by atoms with Gasteiger partial charge in [0, 0.05) is 23.7 Å². The van der Waals surface area contributed by atoms with Crippen molar-refractivity contribution in [2.24, 2.45) is 7.05 Å². The molecule has 160 valence electrons. The van der Waals surface area contributed by atoms with Crippen LogP contribution in [0.1, 0.15) is 20.9 Å². The van der Waals surface area contributed by atoms with E-state index in [2.05, 4.69) is 25.9 Å². The fourth-order valence-electron chi connectivity index (χ4n) is 3.50. The number of thiophene rings is 1. The summed E-state index contributed by atoms with van der Waals surface area (Å²) in [7, 11) is 1.76. The van der Waals surface area contributed by atoms with E-state index in [9.17, 15) is 9.18 Å². The number of rotatable bonds is 5. The molecule has 0 spiro atoms. The molecule has 0 saturated heterocycles. The Morgan fingerprint density at radius 2 is 1.97 bits per heavy atom. The predicted octanol–water partition coefficient (Wildman–Crippen LogP) is 4.04. The topological polar surface area (TPSA) is 90.5 Å². The predicted molar refractivity (Wildman–Crippen MR) is 120 cm³/mol. The summed E-state index contributed by atoms with van der Waals surface area (Å²) >= 11 is 1.38. The lowest BCUT2D eigenvalue weighted by atomic mass is 10.2. The van der Waals surface area contributed by atoms with Crippen molar-refractivity contribution in [3.63, 3.8) is 0 Å². The van der Waals surface area contributed by atoms with Gasteiger partial charge in [-0.05, 0) is 53.2 Å². The van der Waals surface area contributed by atoms with Crippen molar-refractivity contribution < 1.29 is 9.18 Å². The average molecular weight is 447 g/mol. The van der Waals surface area contributed by atoms with E-state index in [1.54, 1.807) is 23.9 Å². The molecule has 32 heavy (non-hydrogen) atoms. The van der Waals surface area contributed by atoms with E-state index >= 15 is 0 Å². The first-order valence-electron chi connectivity index (χ1n) is 9.83. The molecule has 0 aliphatic heterocycles. The smallest absolute Gasteiger partial charge is 0.265 e. The Morgan fingerprint density at radius 1 is 1.16 bits per heavy atom. The molecule has 0 radical (unpaired) electrons. The van der Waals surface area contributed by atoms with Crippen LogP contribution in [0.2, 0.25) is 0 Å². The zero-order chi connectivity index (χ0) is 22.2. The number of anilines is 1. The molecule has 1 amide bonds. The number of halogens is 1. The molecule has 0 aliphatic rings. The number of aryl methyl sites for hydroxylation is 2. The maximum absolute atomic E-state index is 13.2. The molecule has 0 atom stereocenters. The molecule has 3 heterocycles. The first-order valence-corrected chi connectivity index (χ1v) is 10.6. The van der Waals surface area contributed by atoms with Crippen molar-refractivity contribution in [2.75, 3.05) is 5.32 Å². The van der Waals surface area contributed by atoms with Gasteiger partial charge in [-0.3, -0.25) is 9.48 Å². The first-order chi connectivity index (χ1) is 15.5. The number of carbonyl (C=O) groups excluding carboxylic acids is 1. The molecule has 1 N–H and O–H groups in total. The van der Waals surface area contributed by atoms with Gasteiger partial charge in [0.15, 0.2) is 5.82 Å². The van der Waals surface area contributed by atoms with Gasteiger partial charge in [-0.15, -0.1) is 16.4 Å². The van der Waals surface area contributed by atoms with Crippen LogP contribution in [0.15, 0.2) is 54.6 Å². The maximum atomic E-state index is 13.2. The van der Waals surface area contributed by atoms with Gasteiger partial charge in [0.1, 0.15) is 10.6 Å². The molecular weight excluding hydrogens is 429 g/mol. The SMILES string of the molecule is Cc1nn(Cc2ccc(F)cc2)c2sc(C(=O)Nc3cccc(-c4nnnn4C)c3)cc12. The van der Waals surface area contributed by atoms with Crippen LogP contribution in [0.3, 0.4) is 0 Å². The molecular formula is C22H18FN7OS. The third-order valence-electron chi connectivity index (χ3n) is 5.08. The molecule has 3 aromatic heterocycles. The highest BCUT2D eigenvalue weighted by atomic mass is 32.1. The summed E-state index contributed by atoms with van der Waals surface area (Å²) < 4.78 is 16.6. The molecule has 0 unspecified atom stereocenters. The number of carbonyl (C=O) groups is 1. The molecule has 0 aliphatic carbocycles. The van der Waals surface area contributed by atoms with Crippen molar-refractivity contribution in [3.05, 3.63) is 76.5 Å². The Kier molecular flexibility index (Phi) is 4.98. The number of hydrogen-bond donors (Lipinski definition) is 1. The third-order valence-corrected chi connectivity index (χ3v) is 6.22. The van der Waals surface area contributed by atoms with E-state index in [1.165, 1.54) is 23.5 Å². The number of fused-ring (bicyclic) bond motifs is 1. The monoisotopic (exact) mass is 447 g/mol. The Bertz CT molecular complexity index is 1430. The summed E-state index contributed by atoms with van der Waals surface area (Å²) in [4.78, 5) is 14.4. The molecule has 5 aromatic rings. The highest BCUT2D eigenvalue weighted by Crippen LogP contribution is 2.30. The van der Waals surface area contributed by atoms with Gasteiger partial charge in [-0.1, -0.05) is 24.3 Å². The Labute approximate surface area is 186 Å². The average Bonchev–Trinajstić information content (AvgIpc) is 3.47. The second-order valence-electron chi connectivity index (χ2n) is 7.36. The fourth-order valence-corrected chi connectivity index (χ4v) is 4.55. The highest BCUT2D eigenvalue weighted by molar-refractivity contribution is 7.20. The Hall–Kier alpha value is -3.92. The van der Waals surface area contributed by atoms with Crippen LogP contribution in [0.5, 0.6) is 0 Å². The third kappa shape index (κ3) is 3.76. The summed E-state index contributed by atoms with van der Waals surface area (Å²) in [6, 6.07) is 15.6. The van der Waals surface area contributed by atoms with Crippen molar-refractivity contribution in [1.29, 1.82) is 0 Å². The number of benzene rings is 2. The molecule has 0 bridgehead atoms. The zero-order valence-electron chi connectivity index (χ0n) is 17.3. The van der Waals surface area contributed by atoms with Crippen LogP contribution < -0.4 is 5.32 Å². The van der Waals surface area contributed by atoms with Gasteiger partial charge >= 0.3 is 0 Å². The number of tetrazole rings is 1. The van der Waals surface area contributed by atoms with Gasteiger partial charge in [0.2, 0.25) is 0 Å². The minimum Gasteiger partial charge on any atom is -0.321 e. The Morgan fingerprint density at radius 3 is 2.72 bits per heavy atom. The van der Waals surface area contributed by atoms with Crippen LogP contribution in [-0.4, -0.2) is 35.9 Å². The summed E-state index contributed by atoms with van der Waals surface area (Å²) in [5.74, 6) is 0.136. The van der Waals surface area contributed by atoms with E-state index in [-0.39, 0.29) is 11.7 Å². The van der Waals surface area contributed by atoms with Gasteiger partial charge in [0.05, 0.1) is 17.1 Å². The lowest BCUT2D eigenvalue weighted by Crippen LogP contribution is -2.10. The second-order valence-corrected chi connectivity index (χ2v) is 8.39. The molecule has 5 rings (SSSR count). The van der Waals surface area contributed by atoms with E-state index < -0.39 is 0 Å². The lowest BCUT2D eigenvalue weighted by molar-refractivity contribution is 0.103. The van der Waals surface area contributed by atoms with Gasteiger partial charge in [-0.25, -0.2) is 9.07 Å². The van der Waals surface area contributed by atoms with E-state index in [0.29, 0.717) is 22.9 Å². The number of hydrogen-bond acceptors (Lipinski definition) is 6. The van der Waals surface area contributed by atoms with E-state index in [1.807, 2.05) is 41.9 Å². The number of aromatic nitrogens is 6. The molecule has 2 aromatic carbocycles. The van der Waals surface area contributed by atoms with Gasteiger partial charge in [0.25, 0.3) is 5.91 Å². The fraction of sp³-hybridized carbons (Fsp3) is 0.136. The van der Waals surface area contributed by atoms with Crippen LogP contribution in [-0.2, 0) is 13.6 Å². The van der Waals surface area contributed by atoms with Crippen LogP contribution >= 0.6 is 11.3 Å². The normalized spacial score (nSPS) is 11.2. The number of nitrogens with zero attached hydrogens (tertiary/aromatic N) is 6. The maximum Gasteiger partial charge on any atom is 0.265 e. The summed E-state index contributed by atoms with van der Waals surface area (Å²) in [6.45, 7) is 2.41. The Balaban J connectivity index is 1.40. The number of nitrogens with one attached hydrogen (secondary N) is 1. The van der Waals surface area contributed by atoms with Crippen molar-refractivity contribution >= 4 is 33.1 Å². The van der Waals surface area contributed by atoms with Crippen molar-refractivity contribution in [3.8, 4) is 11.4 Å². The number of amides is 1. The van der Waals surface area contributed by atoms with E-state index in [4.69, 9.17) is 0 Å². The van der Waals surface area contributed by atoms with Crippen LogP contribution in [0.25, 0.3) is 21.6 Å². The highest BCUT2D eigenvalue weighted by Gasteiger charge is 2.17. The van der Waals surface area contributed by atoms with Gasteiger partial charge in [-0.2, -0.15) is 5.10 Å². The van der Waals surface area contributed by atoms with E-state index in [0.717, 1.165) is 27.0 Å². The van der Waals surface area contributed by atoms with Crippen molar-refractivity contribution in [1.82, 2.24) is 30.0 Å². The largest absolute Gasteiger partial charge is 0.321 e. The molecule has 8 nitrogen and oxygen atoms in total. The minimum atomic E-state index is -0.273. The van der Waals surface area contributed by atoms with Crippen LogP contribution in [0, 0.1) is 12.7 Å². The quantitative estimate of drug-likeness (QED) is 0.439. The minimum absolute atomic E-state index is 0.202. The van der Waals surface area contributed by atoms with Gasteiger partial charge < -0.3 is 5.32 Å². The standard InChI is InChI=1S/C22H18FN7OS/c1-13-18-11-19(32-22(18)30(26-13)12-14-6-8-16(23)9-7-14)21(31)24-17-5-3-4-15(10-17)20-25-27-28-29(20)2/h3-11H,12H2,1-2H3,(H,24,31). The molecule has 0 fully saturated rings. The zero-order valence-corrected chi connectivity index (χ0v) is 18.1. The summed E-state index contributed by atoms with van der Waals surface area (Å²) in [5, 5.41) is 20.0. The van der Waals surface area contributed by atoms with Crippen molar-refractivity contribution in [2.45, 2.75) is 13.5 Å². The second kappa shape index (κ2) is 7.97. The molecule has 10 heteroatoms. The summed E-state index contributed by atoms with van der Waals surface area (Å²) in [6.07, 6.45) is 0. The first kappa shape index (κ1) is 20.0. The molecule has 0 saturated carbocycles. The summed E-state index contributed by atoms with van der Waals surface area (Å²) in [5.41, 5.74) is 3.23. The van der Waals surface area contributed by atoms with Crippen LogP contribution in [0.4, 0.5) is 10.1 Å². The lowest BCUT2D eigenvalue weighted by Gasteiger charge is -2.06.